The van der Waals surface area contributed by atoms with E-state index in [-0.39, 0.29) is 10.8 Å². The van der Waals surface area contributed by atoms with Gasteiger partial charge in [0.1, 0.15) is 14.7 Å². The summed E-state index contributed by atoms with van der Waals surface area (Å²) in [5, 5.41) is 0. The molecule has 0 N–H and O–H groups in total. The second kappa shape index (κ2) is 3.30. The van der Waals surface area contributed by atoms with Crippen LogP contribution in [0.3, 0.4) is 0 Å². The topological polar surface area (TPSA) is 91.3 Å². The largest absolute Gasteiger partial charge is 0.747 e. The predicted molar refractivity (Wildman–Crippen MR) is 41.6 cm³/mol. The second-order valence-electron chi connectivity index (χ2n) is 1.86. The first-order valence-electron chi connectivity index (χ1n) is 2.46. The SMILES string of the molecule is CC(SS(C)(=O)=O)S(=O)(=O)[O-]. The molecular formula is C3H7O5S3-. The Morgan fingerprint density at radius 3 is 1.73 bits per heavy atom. The average Bonchev–Trinajstić information content (AvgIpc) is 1.56. The number of rotatable bonds is 3. The molecule has 0 spiro atoms. The van der Waals surface area contributed by atoms with E-state index in [0.29, 0.717) is 0 Å². The van der Waals surface area contributed by atoms with Crippen molar-refractivity contribution < 1.29 is 21.4 Å². The molecule has 0 aromatic carbocycles. The molecule has 0 heterocycles. The maximum absolute atomic E-state index is 10.4. The summed E-state index contributed by atoms with van der Waals surface area (Å²) in [6.07, 6.45) is 0.847. The van der Waals surface area contributed by atoms with Gasteiger partial charge in [-0.05, 0) is 17.7 Å². The lowest BCUT2D eigenvalue weighted by Gasteiger charge is -2.12. The van der Waals surface area contributed by atoms with E-state index in [1.165, 1.54) is 0 Å². The van der Waals surface area contributed by atoms with E-state index in [0.717, 1.165) is 13.2 Å². The molecule has 0 fully saturated rings. The summed E-state index contributed by atoms with van der Waals surface area (Å²) in [4.78, 5) is 0. The Morgan fingerprint density at radius 1 is 1.27 bits per heavy atom. The zero-order valence-corrected chi connectivity index (χ0v) is 8.29. The highest BCUT2D eigenvalue weighted by molar-refractivity contribution is 8.73. The van der Waals surface area contributed by atoms with Crippen LogP contribution in [0.15, 0.2) is 0 Å². The van der Waals surface area contributed by atoms with Crippen molar-refractivity contribution in [2.75, 3.05) is 6.26 Å². The molecule has 0 aromatic heterocycles. The normalized spacial score (nSPS) is 16.3. The molecule has 1 atom stereocenters. The third kappa shape index (κ3) is 5.48. The minimum absolute atomic E-state index is 0.135. The van der Waals surface area contributed by atoms with Gasteiger partial charge in [0.05, 0.1) is 0 Å². The van der Waals surface area contributed by atoms with Crippen molar-refractivity contribution in [3.05, 3.63) is 0 Å². The molecule has 0 aromatic rings. The Morgan fingerprint density at radius 2 is 1.64 bits per heavy atom. The lowest BCUT2D eigenvalue weighted by molar-refractivity contribution is 0.462. The summed E-state index contributed by atoms with van der Waals surface area (Å²) < 4.78 is 50.0. The van der Waals surface area contributed by atoms with Gasteiger partial charge >= 0.3 is 0 Å². The van der Waals surface area contributed by atoms with Crippen LogP contribution in [0.1, 0.15) is 6.92 Å². The first-order valence-corrected chi connectivity index (χ1v) is 7.22. The molecule has 0 saturated heterocycles. The first kappa shape index (κ1) is 11.2. The molecule has 0 amide bonds. The van der Waals surface area contributed by atoms with Crippen molar-refractivity contribution in [2.45, 2.75) is 11.5 Å². The molecule has 8 heteroatoms. The van der Waals surface area contributed by atoms with Gasteiger partial charge in [-0.3, -0.25) is 0 Å². The van der Waals surface area contributed by atoms with Crippen LogP contribution in [0.5, 0.6) is 0 Å². The molecule has 0 aliphatic heterocycles. The Bertz CT molecular complexity index is 311. The van der Waals surface area contributed by atoms with Crippen LogP contribution in [-0.4, -0.2) is 32.2 Å². The zero-order chi connectivity index (χ0) is 9.28. The summed E-state index contributed by atoms with van der Waals surface area (Å²) in [5.41, 5.74) is 0. The van der Waals surface area contributed by atoms with Crippen LogP contribution in [0.4, 0.5) is 0 Å². The Balaban J connectivity index is 4.47. The third-order valence-electron chi connectivity index (χ3n) is 0.717. The van der Waals surface area contributed by atoms with E-state index in [1.807, 2.05) is 0 Å². The molecule has 0 saturated carbocycles. The van der Waals surface area contributed by atoms with Gasteiger partial charge in [-0.25, -0.2) is 16.8 Å². The Labute approximate surface area is 69.2 Å². The summed E-state index contributed by atoms with van der Waals surface area (Å²) in [6, 6.07) is 0. The quantitative estimate of drug-likeness (QED) is 0.472. The fourth-order valence-electron chi connectivity index (χ4n) is 0.294. The number of hydrogen-bond acceptors (Lipinski definition) is 6. The molecule has 5 nitrogen and oxygen atoms in total. The van der Waals surface area contributed by atoms with E-state index in [1.54, 1.807) is 0 Å². The lowest BCUT2D eigenvalue weighted by Crippen LogP contribution is -2.14. The van der Waals surface area contributed by atoms with Crippen molar-refractivity contribution in [1.82, 2.24) is 0 Å². The zero-order valence-electron chi connectivity index (χ0n) is 5.84. The van der Waals surface area contributed by atoms with Gasteiger partial charge in [-0.2, -0.15) is 0 Å². The molecule has 0 radical (unpaired) electrons. The molecule has 0 rings (SSSR count). The van der Waals surface area contributed by atoms with Crippen LogP contribution in [0.2, 0.25) is 0 Å². The first-order chi connectivity index (χ1) is 4.63. The molecule has 1 unspecified atom stereocenters. The lowest BCUT2D eigenvalue weighted by atomic mass is 11.0. The smallest absolute Gasteiger partial charge is 0.199 e. The van der Waals surface area contributed by atoms with Gasteiger partial charge in [-0.15, -0.1) is 0 Å². The van der Waals surface area contributed by atoms with E-state index in [2.05, 4.69) is 0 Å². The van der Waals surface area contributed by atoms with Crippen LogP contribution in [0.25, 0.3) is 0 Å². The summed E-state index contributed by atoms with van der Waals surface area (Å²) in [6.45, 7) is 1.04. The van der Waals surface area contributed by atoms with E-state index in [4.69, 9.17) is 0 Å². The van der Waals surface area contributed by atoms with Crippen molar-refractivity contribution >= 4 is 29.8 Å². The van der Waals surface area contributed by atoms with E-state index >= 15 is 0 Å². The summed E-state index contributed by atoms with van der Waals surface area (Å²) in [7, 11) is -7.84. The Kier molecular flexibility index (Phi) is 3.36. The minimum Gasteiger partial charge on any atom is -0.747 e. The van der Waals surface area contributed by atoms with Crippen LogP contribution >= 0.6 is 10.8 Å². The molecule has 0 aliphatic carbocycles. The van der Waals surface area contributed by atoms with E-state index < -0.39 is 23.6 Å². The van der Waals surface area contributed by atoms with Crippen LogP contribution in [-0.2, 0) is 19.0 Å². The average molecular weight is 219 g/mol. The van der Waals surface area contributed by atoms with E-state index in [9.17, 15) is 21.4 Å². The fraction of sp³-hybridized carbons (Fsp3) is 1.00. The second-order valence-corrected chi connectivity index (χ2v) is 8.55. The van der Waals surface area contributed by atoms with Crippen LogP contribution in [0, 0.1) is 0 Å². The highest BCUT2D eigenvalue weighted by Crippen LogP contribution is 2.20. The molecular weight excluding hydrogens is 212 g/mol. The Hall–Kier alpha value is 0.210. The molecule has 68 valence electrons. The third-order valence-corrected chi connectivity index (χ3v) is 5.43. The highest BCUT2D eigenvalue weighted by atomic mass is 33.1. The maximum atomic E-state index is 10.4. The predicted octanol–water partition coefficient (Wildman–Crippen LogP) is -0.430. The maximum Gasteiger partial charge on any atom is 0.199 e. The minimum atomic E-state index is -4.50. The van der Waals surface area contributed by atoms with Crippen molar-refractivity contribution in [3.8, 4) is 0 Å². The van der Waals surface area contributed by atoms with Crippen molar-refractivity contribution in [2.24, 2.45) is 0 Å². The van der Waals surface area contributed by atoms with Crippen molar-refractivity contribution in [3.63, 3.8) is 0 Å². The van der Waals surface area contributed by atoms with Gasteiger partial charge in [0, 0.05) is 6.26 Å². The van der Waals surface area contributed by atoms with Gasteiger partial charge in [-0.1, -0.05) is 0 Å². The summed E-state index contributed by atoms with van der Waals surface area (Å²) in [5.74, 6) is 0. The van der Waals surface area contributed by atoms with Gasteiger partial charge in [0.2, 0.25) is 0 Å². The summed E-state index contributed by atoms with van der Waals surface area (Å²) >= 11 is 0. The van der Waals surface area contributed by atoms with Crippen molar-refractivity contribution in [1.29, 1.82) is 0 Å². The van der Waals surface area contributed by atoms with Crippen LogP contribution < -0.4 is 0 Å². The van der Waals surface area contributed by atoms with Gasteiger partial charge < -0.3 is 4.55 Å². The molecule has 11 heavy (non-hydrogen) atoms. The molecule has 0 aliphatic rings. The fourth-order valence-corrected chi connectivity index (χ4v) is 4.80. The van der Waals surface area contributed by atoms with Gasteiger partial charge in [0.15, 0.2) is 8.87 Å². The number of hydrogen-bond donors (Lipinski definition) is 0. The standard InChI is InChI=1S/C3H8O5S3/c1-3(11(6,7)8)9-10(2,4)5/h3H,1-2H3,(H,6,7,8)/p-1. The monoisotopic (exact) mass is 219 g/mol. The molecule has 0 bridgehead atoms. The van der Waals surface area contributed by atoms with Gasteiger partial charge in [0.25, 0.3) is 0 Å². The highest BCUT2D eigenvalue weighted by Gasteiger charge is 2.16.